The molecular weight excluding hydrogens is 290 g/mol. The lowest BCUT2D eigenvalue weighted by Crippen LogP contribution is -2.33. The predicted molar refractivity (Wildman–Crippen MR) is 68.7 cm³/mol. The molecule has 0 bridgehead atoms. The maximum atomic E-state index is 12.3. The molecule has 1 aliphatic rings. The molecule has 2 rings (SSSR count). The standard InChI is InChI=1S/C12H16F2N2O3S/c1-2-12(17)5-6-16(8-12)20(18)9-3-4-10(15-7-9)19-11(13)14/h3-4,7,11,17H,2,5-6,8H2,1H3. The molecule has 1 aromatic heterocycles. The van der Waals surface area contributed by atoms with Gasteiger partial charge in [-0.1, -0.05) is 6.92 Å². The maximum absolute atomic E-state index is 12.3. The smallest absolute Gasteiger partial charge is 0.388 e. The Morgan fingerprint density at radius 3 is 2.85 bits per heavy atom. The van der Waals surface area contributed by atoms with Crippen molar-refractivity contribution >= 4 is 11.0 Å². The molecule has 20 heavy (non-hydrogen) atoms. The summed E-state index contributed by atoms with van der Waals surface area (Å²) < 4.78 is 42.0. The van der Waals surface area contributed by atoms with Gasteiger partial charge in [0.25, 0.3) is 0 Å². The van der Waals surface area contributed by atoms with Crippen LogP contribution < -0.4 is 4.74 Å². The van der Waals surface area contributed by atoms with Crippen LogP contribution >= 0.6 is 0 Å². The lowest BCUT2D eigenvalue weighted by molar-refractivity contribution is -0.0529. The van der Waals surface area contributed by atoms with E-state index in [1.54, 1.807) is 4.31 Å². The summed E-state index contributed by atoms with van der Waals surface area (Å²) in [6.45, 7) is -0.209. The average molecular weight is 306 g/mol. The lowest BCUT2D eigenvalue weighted by Gasteiger charge is -2.20. The maximum Gasteiger partial charge on any atom is 0.388 e. The van der Waals surface area contributed by atoms with Crippen molar-refractivity contribution in [1.82, 2.24) is 9.29 Å². The van der Waals surface area contributed by atoms with Crippen LogP contribution in [-0.4, -0.2) is 43.9 Å². The van der Waals surface area contributed by atoms with Gasteiger partial charge in [-0.2, -0.15) is 8.78 Å². The second-order valence-electron chi connectivity index (χ2n) is 4.65. The van der Waals surface area contributed by atoms with Crippen LogP contribution in [0.15, 0.2) is 23.2 Å². The normalized spacial score (nSPS) is 25.1. The molecule has 1 aromatic rings. The summed E-state index contributed by atoms with van der Waals surface area (Å²) in [7, 11) is -1.46. The van der Waals surface area contributed by atoms with Gasteiger partial charge in [0.2, 0.25) is 5.88 Å². The van der Waals surface area contributed by atoms with Crippen LogP contribution in [0.2, 0.25) is 0 Å². The summed E-state index contributed by atoms with van der Waals surface area (Å²) in [4.78, 5) is 4.08. The number of β-amino-alcohol motifs (C(OH)–C–C–N with tert-alkyl or cyclic N) is 1. The van der Waals surface area contributed by atoms with Crippen molar-refractivity contribution in [3.8, 4) is 5.88 Å². The highest BCUT2D eigenvalue weighted by Crippen LogP contribution is 2.27. The molecule has 0 amide bonds. The zero-order valence-corrected chi connectivity index (χ0v) is 11.8. The highest BCUT2D eigenvalue weighted by atomic mass is 32.2. The van der Waals surface area contributed by atoms with E-state index in [2.05, 4.69) is 9.72 Å². The van der Waals surface area contributed by atoms with Crippen LogP contribution in [-0.2, 0) is 11.0 Å². The molecule has 2 atom stereocenters. The van der Waals surface area contributed by atoms with Gasteiger partial charge < -0.3 is 9.84 Å². The van der Waals surface area contributed by atoms with Crippen molar-refractivity contribution in [1.29, 1.82) is 0 Å². The molecule has 1 aliphatic heterocycles. The summed E-state index contributed by atoms with van der Waals surface area (Å²) in [6, 6.07) is 2.69. The molecular formula is C12H16F2N2O3S. The molecule has 1 fully saturated rings. The zero-order chi connectivity index (χ0) is 14.8. The van der Waals surface area contributed by atoms with Gasteiger partial charge in [-0.05, 0) is 18.9 Å². The number of ether oxygens (including phenoxy) is 1. The van der Waals surface area contributed by atoms with Crippen LogP contribution in [0, 0.1) is 0 Å². The predicted octanol–water partition coefficient (Wildman–Crippen LogP) is 1.55. The molecule has 0 radical (unpaired) electrons. The van der Waals surface area contributed by atoms with Gasteiger partial charge in [0.05, 0.1) is 10.5 Å². The van der Waals surface area contributed by atoms with Crippen LogP contribution in [0.25, 0.3) is 0 Å². The Morgan fingerprint density at radius 2 is 2.35 bits per heavy atom. The van der Waals surface area contributed by atoms with Crippen molar-refractivity contribution < 1.29 is 22.8 Å². The number of rotatable bonds is 5. The SMILES string of the molecule is CCC1(O)CCN(S(=O)c2ccc(OC(F)F)nc2)C1. The van der Waals surface area contributed by atoms with E-state index >= 15 is 0 Å². The van der Waals surface area contributed by atoms with E-state index < -0.39 is 23.2 Å². The van der Waals surface area contributed by atoms with E-state index in [9.17, 15) is 18.1 Å². The van der Waals surface area contributed by atoms with Gasteiger partial charge in [-0.3, -0.25) is 0 Å². The minimum absolute atomic E-state index is 0.216. The van der Waals surface area contributed by atoms with Crippen LogP contribution in [0.5, 0.6) is 5.88 Å². The first-order valence-electron chi connectivity index (χ1n) is 6.23. The van der Waals surface area contributed by atoms with E-state index in [1.807, 2.05) is 6.92 Å². The summed E-state index contributed by atoms with van der Waals surface area (Å²) in [5.74, 6) is -0.216. The first-order valence-corrected chi connectivity index (χ1v) is 7.34. The minimum atomic E-state index is -2.93. The molecule has 0 aromatic carbocycles. The third-order valence-electron chi connectivity index (χ3n) is 3.31. The number of hydrogen-bond donors (Lipinski definition) is 1. The number of nitrogens with zero attached hydrogens (tertiary/aromatic N) is 2. The molecule has 0 saturated carbocycles. The number of hydrogen-bond acceptors (Lipinski definition) is 4. The van der Waals surface area contributed by atoms with E-state index in [1.165, 1.54) is 18.3 Å². The van der Waals surface area contributed by atoms with Crippen molar-refractivity contribution in [3.63, 3.8) is 0 Å². The van der Waals surface area contributed by atoms with Crippen molar-refractivity contribution in [2.75, 3.05) is 13.1 Å². The molecule has 5 nitrogen and oxygen atoms in total. The summed E-state index contributed by atoms with van der Waals surface area (Å²) >= 11 is 0. The largest absolute Gasteiger partial charge is 0.417 e. The zero-order valence-electron chi connectivity index (χ0n) is 11.0. The Balaban J connectivity index is 2.03. The van der Waals surface area contributed by atoms with Gasteiger partial charge in [0.1, 0.15) is 11.0 Å². The number of aliphatic hydroxyl groups is 1. The third-order valence-corrected chi connectivity index (χ3v) is 4.74. The van der Waals surface area contributed by atoms with Crippen molar-refractivity contribution in [2.45, 2.75) is 36.9 Å². The lowest BCUT2D eigenvalue weighted by atomic mass is 10.0. The van der Waals surface area contributed by atoms with Crippen LogP contribution in [0.4, 0.5) is 8.78 Å². The Hall–Kier alpha value is -1.12. The average Bonchev–Trinajstić information content (AvgIpc) is 2.82. The van der Waals surface area contributed by atoms with Crippen molar-refractivity contribution in [2.24, 2.45) is 0 Å². The molecule has 2 heterocycles. The third kappa shape index (κ3) is 3.50. The van der Waals surface area contributed by atoms with Gasteiger partial charge >= 0.3 is 6.61 Å². The van der Waals surface area contributed by atoms with E-state index in [4.69, 9.17) is 0 Å². The molecule has 0 spiro atoms. The summed E-state index contributed by atoms with van der Waals surface area (Å²) in [5, 5.41) is 10.1. The topological polar surface area (TPSA) is 62.7 Å². The number of alkyl halides is 2. The van der Waals surface area contributed by atoms with Crippen molar-refractivity contribution in [3.05, 3.63) is 18.3 Å². The highest BCUT2D eigenvalue weighted by Gasteiger charge is 2.37. The summed E-state index contributed by atoms with van der Waals surface area (Å²) in [5.41, 5.74) is -0.804. The minimum Gasteiger partial charge on any atom is -0.417 e. The molecule has 1 N–H and O–H groups in total. The molecule has 1 saturated heterocycles. The van der Waals surface area contributed by atoms with Gasteiger partial charge in [-0.25, -0.2) is 13.5 Å². The van der Waals surface area contributed by atoms with E-state index in [0.29, 0.717) is 30.8 Å². The van der Waals surface area contributed by atoms with Gasteiger partial charge in [0.15, 0.2) is 0 Å². The number of pyridine rings is 1. The first-order chi connectivity index (χ1) is 9.43. The second kappa shape index (κ2) is 6.11. The Kier molecular flexibility index (Phi) is 4.66. The van der Waals surface area contributed by atoms with Crippen LogP contribution in [0.3, 0.4) is 0 Å². The van der Waals surface area contributed by atoms with Gasteiger partial charge in [0, 0.05) is 25.4 Å². The molecule has 0 aliphatic carbocycles. The fourth-order valence-electron chi connectivity index (χ4n) is 2.03. The molecule has 2 unspecified atom stereocenters. The first kappa shape index (κ1) is 15.3. The second-order valence-corrected chi connectivity index (χ2v) is 6.14. The fraction of sp³-hybridized carbons (Fsp3) is 0.583. The summed E-state index contributed by atoms with van der Waals surface area (Å²) in [6.07, 6.45) is 2.41. The number of aromatic nitrogens is 1. The van der Waals surface area contributed by atoms with E-state index in [-0.39, 0.29) is 5.88 Å². The molecule has 8 heteroatoms. The Bertz CT molecular complexity index is 486. The monoisotopic (exact) mass is 306 g/mol. The Labute approximate surface area is 118 Å². The Morgan fingerprint density at radius 1 is 1.60 bits per heavy atom. The van der Waals surface area contributed by atoms with Gasteiger partial charge in [-0.15, -0.1) is 0 Å². The van der Waals surface area contributed by atoms with E-state index in [0.717, 1.165) is 0 Å². The molecule has 112 valence electrons. The fourth-order valence-corrected chi connectivity index (χ4v) is 3.27. The quantitative estimate of drug-likeness (QED) is 0.896. The highest BCUT2D eigenvalue weighted by molar-refractivity contribution is 7.82. The number of halogens is 2. The van der Waals surface area contributed by atoms with Crippen LogP contribution in [0.1, 0.15) is 19.8 Å².